The van der Waals surface area contributed by atoms with Gasteiger partial charge in [0, 0.05) is 18.7 Å². The summed E-state index contributed by atoms with van der Waals surface area (Å²) in [5.41, 5.74) is 1.82. The Hall–Kier alpha value is -3.82. The molecule has 1 aliphatic heterocycles. The second kappa shape index (κ2) is 10.9. The maximum absolute atomic E-state index is 15.2. The smallest absolute Gasteiger partial charge is 0.323 e. The van der Waals surface area contributed by atoms with E-state index in [4.69, 9.17) is 0 Å². The Morgan fingerprint density at radius 2 is 1.74 bits per heavy atom. The number of piperazine rings is 1. The third-order valence-corrected chi connectivity index (χ3v) is 7.22. The van der Waals surface area contributed by atoms with Crippen LogP contribution in [0.2, 0.25) is 0 Å². The predicted octanol–water partition coefficient (Wildman–Crippen LogP) is 2.71. The largest absolute Gasteiger partial charge is 0.480 e. The van der Waals surface area contributed by atoms with Crippen molar-refractivity contribution in [3.8, 4) is 0 Å². The number of hydrogen-bond donors (Lipinski definition) is 2. The first kappa shape index (κ1) is 27.2. The van der Waals surface area contributed by atoms with Gasteiger partial charge in [0.1, 0.15) is 36.3 Å². The Morgan fingerprint density at radius 1 is 1.11 bits per heavy atom. The van der Waals surface area contributed by atoms with Gasteiger partial charge in [0.2, 0.25) is 17.7 Å². The Morgan fingerprint density at radius 3 is 2.29 bits per heavy atom. The van der Waals surface area contributed by atoms with E-state index in [1.165, 1.54) is 7.05 Å². The minimum Gasteiger partial charge on any atom is -0.480 e. The van der Waals surface area contributed by atoms with Crippen LogP contribution >= 0.6 is 0 Å². The molecule has 3 amide bonds. The highest BCUT2D eigenvalue weighted by molar-refractivity contribution is 6.00. The first-order chi connectivity index (χ1) is 18.0. The van der Waals surface area contributed by atoms with Crippen molar-refractivity contribution in [1.82, 2.24) is 15.1 Å². The van der Waals surface area contributed by atoms with E-state index in [1.807, 2.05) is 38.1 Å². The maximum Gasteiger partial charge on any atom is 0.323 e. The molecular weight excluding hydrogens is 496 g/mol. The molecule has 0 bridgehead atoms. The number of nitrogens with zero attached hydrogens (tertiary/aromatic N) is 2. The van der Waals surface area contributed by atoms with Gasteiger partial charge in [-0.1, -0.05) is 44.2 Å². The van der Waals surface area contributed by atoms with Gasteiger partial charge in [0.15, 0.2) is 0 Å². The van der Waals surface area contributed by atoms with Crippen molar-refractivity contribution in [2.24, 2.45) is 11.8 Å². The minimum atomic E-state index is -1.66. The van der Waals surface area contributed by atoms with Crippen molar-refractivity contribution < 1.29 is 33.1 Å². The van der Waals surface area contributed by atoms with Gasteiger partial charge in [0.05, 0.1) is 0 Å². The first-order valence-corrected chi connectivity index (χ1v) is 12.6. The highest BCUT2D eigenvalue weighted by atomic mass is 19.1. The van der Waals surface area contributed by atoms with E-state index in [2.05, 4.69) is 5.32 Å². The first-order valence-electron chi connectivity index (χ1n) is 12.6. The van der Waals surface area contributed by atoms with E-state index < -0.39 is 60.0 Å². The van der Waals surface area contributed by atoms with Crippen LogP contribution in [0.1, 0.15) is 43.0 Å². The number of amides is 3. The van der Waals surface area contributed by atoms with Crippen LogP contribution in [-0.2, 0) is 32.0 Å². The molecule has 0 aromatic heterocycles. The summed E-state index contributed by atoms with van der Waals surface area (Å²) in [7, 11) is 1.22. The molecule has 0 unspecified atom stereocenters. The molecule has 2 aromatic carbocycles. The molecule has 10 heteroatoms. The number of carbonyl (C=O) groups is 4. The second-order valence-electron chi connectivity index (χ2n) is 10.5. The molecular formula is C28H31F2N3O5. The van der Waals surface area contributed by atoms with Crippen molar-refractivity contribution in [2.45, 2.75) is 51.2 Å². The van der Waals surface area contributed by atoms with Crippen LogP contribution in [0.15, 0.2) is 42.5 Å². The lowest BCUT2D eigenvalue weighted by atomic mass is 9.87. The highest BCUT2D eigenvalue weighted by Crippen LogP contribution is 2.36. The van der Waals surface area contributed by atoms with E-state index in [9.17, 15) is 28.7 Å². The number of rotatable bonds is 8. The lowest BCUT2D eigenvalue weighted by molar-refractivity contribution is -0.161. The Balaban J connectivity index is 1.80. The molecule has 0 radical (unpaired) electrons. The van der Waals surface area contributed by atoms with Crippen LogP contribution in [0.3, 0.4) is 0 Å². The Kier molecular flexibility index (Phi) is 7.80. The van der Waals surface area contributed by atoms with Gasteiger partial charge < -0.3 is 20.2 Å². The van der Waals surface area contributed by atoms with E-state index in [0.29, 0.717) is 18.9 Å². The van der Waals surface area contributed by atoms with Crippen LogP contribution < -0.4 is 5.32 Å². The van der Waals surface area contributed by atoms with Crippen molar-refractivity contribution in [2.75, 3.05) is 13.6 Å². The molecule has 2 aliphatic rings. The molecule has 2 aromatic rings. The molecule has 8 nitrogen and oxygen atoms in total. The summed E-state index contributed by atoms with van der Waals surface area (Å²) in [5.74, 6) is -5.51. The monoisotopic (exact) mass is 527 g/mol. The van der Waals surface area contributed by atoms with Crippen LogP contribution in [-0.4, -0.2) is 64.3 Å². The number of carboxylic acids is 1. The fourth-order valence-electron chi connectivity index (χ4n) is 5.49. The third kappa shape index (κ3) is 5.39. The molecule has 1 fully saturated rings. The molecule has 1 aliphatic carbocycles. The van der Waals surface area contributed by atoms with Gasteiger partial charge in [-0.25, -0.2) is 8.78 Å². The number of halogens is 2. The topological polar surface area (TPSA) is 107 Å². The van der Waals surface area contributed by atoms with Gasteiger partial charge in [-0.15, -0.1) is 0 Å². The van der Waals surface area contributed by atoms with Crippen molar-refractivity contribution in [3.63, 3.8) is 0 Å². The number of nitrogens with one attached hydrogen (secondary N) is 1. The highest BCUT2D eigenvalue weighted by Gasteiger charge is 2.50. The van der Waals surface area contributed by atoms with Gasteiger partial charge in [-0.2, -0.15) is 0 Å². The van der Waals surface area contributed by atoms with E-state index in [-0.39, 0.29) is 23.8 Å². The molecule has 1 heterocycles. The molecule has 38 heavy (non-hydrogen) atoms. The summed E-state index contributed by atoms with van der Waals surface area (Å²) in [6.45, 7) is 2.99. The minimum absolute atomic E-state index is 0.0705. The molecule has 1 saturated heterocycles. The molecule has 202 valence electrons. The lowest BCUT2D eigenvalue weighted by Gasteiger charge is -2.45. The molecule has 3 atom stereocenters. The summed E-state index contributed by atoms with van der Waals surface area (Å²) in [6, 6.07) is 6.62. The summed E-state index contributed by atoms with van der Waals surface area (Å²) in [5, 5.41) is 12.1. The fraction of sp³-hybridized carbons (Fsp3) is 0.429. The molecule has 4 rings (SSSR count). The zero-order valence-electron chi connectivity index (χ0n) is 21.5. The zero-order chi connectivity index (χ0) is 27.7. The Bertz CT molecular complexity index is 1240. The quantitative estimate of drug-likeness (QED) is 0.549. The summed E-state index contributed by atoms with van der Waals surface area (Å²) < 4.78 is 29.0. The summed E-state index contributed by atoms with van der Waals surface area (Å²) in [6.07, 6.45) is 1.26. The average molecular weight is 528 g/mol. The number of benzene rings is 2. The van der Waals surface area contributed by atoms with Gasteiger partial charge in [-0.05, 0) is 48.3 Å². The van der Waals surface area contributed by atoms with Crippen LogP contribution in [0.5, 0.6) is 0 Å². The van der Waals surface area contributed by atoms with E-state index in [0.717, 1.165) is 33.1 Å². The lowest BCUT2D eigenvalue weighted by Crippen LogP contribution is -2.67. The normalized spacial score (nSPS) is 20.3. The predicted molar refractivity (Wildman–Crippen MR) is 134 cm³/mol. The van der Waals surface area contributed by atoms with Crippen LogP contribution in [0.4, 0.5) is 8.78 Å². The standard InChI is InChI=1S/C28H31F2N3O5/c1-15(2)10-22-26(36)31-24(18-11-16-6-4-5-7-17(16)12-18)27(37)33(22)25(28(38)32(3)14-23(34)35)20-9-8-19(29)13-21(20)30/h4-9,13,15,18,22,24-25H,10-12,14H2,1-3H3,(H,31,36)(H,34,35)/t22-,24-,25-/m1/s1. The van der Waals surface area contributed by atoms with E-state index >= 15 is 4.39 Å². The third-order valence-electron chi connectivity index (χ3n) is 7.22. The van der Waals surface area contributed by atoms with Gasteiger partial charge in [0.25, 0.3) is 0 Å². The second-order valence-corrected chi connectivity index (χ2v) is 10.5. The summed E-state index contributed by atoms with van der Waals surface area (Å²) >= 11 is 0. The van der Waals surface area contributed by atoms with Crippen molar-refractivity contribution >= 4 is 23.7 Å². The molecule has 2 N–H and O–H groups in total. The number of likely N-dealkylation sites (N-methyl/N-ethyl adjacent to an activating group) is 1. The molecule has 0 saturated carbocycles. The van der Waals surface area contributed by atoms with Gasteiger partial charge >= 0.3 is 5.97 Å². The SMILES string of the molecule is CC(C)C[C@@H]1C(=O)N[C@H](C2Cc3ccccc3C2)C(=O)N1[C@@H](C(=O)N(C)CC(=O)O)c1ccc(F)cc1F. The number of carboxylic acid groups (broad SMARTS) is 1. The Labute approximate surface area is 219 Å². The maximum atomic E-state index is 15.2. The van der Waals surface area contributed by atoms with Crippen LogP contribution in [0.25, 0.3) is 0 Å². The summed E-state index contributed by atoms with van der Waals surface area (Å²) in [4.78, 5) is 54.7. The number of fused-ring (bicyclic) bond motifs is 1. The van der Waals surface area contributed by atoms with Crippen molar-refractivity contribution in [1.29, 1.82) is 0 Å². The van der Waals surface area contributed by atoms with Gasteiger partial charge in [-0.3, -0.25) is 19.2 Å². The fourth-order valence-corrected chi connectivity index (χ4v) is 5.49. The molecule has 0 spiro atoms. The zero-order valence-corrected chi connectivity index (χ0v) is 21.5. The average Bonchev–Trinajstić information content (AvgIpc) is 3.27. The van der Waals surface area contributed by atoms with Crippen LogP contribution in [0, 0.1) is 23.5 Å². The number of aliphatic carboxylic acids is 1. The number of hydrogen-bond acceptors (Lipinski definition) is 4. The van der Waals surface area contributed by atoms with E-state index in [1.54, 1.807) is 0 Å². The van der Waals surface area contributed by atoms with Crippen molar-refractivity contribution in [3.05, 3.63) is 70.8 Å². The number of carbonyl (C=O) groups excluding carboxylic acids is 3.